The molecule has 1 atom stereocenters. The predicted octanol–water partition coefficient (Wildman–Crippen LogP) is 16.3. The van der Waals surface area contributed by atoms with Crippen molar-refractivity contribution >= 4 is 17.9 Å². The van der Waals surface area contributed by atoms with Crippen LogP contribution in [0.5, 0.6) is 0 Å². The fourth-order valence-electron chi connectivity index (χ4n) is 6.05. The number of rotatable bonds is 42. The van der Waals surface area contributed by atoms with Crippen LogP contribution in [-0.4, -0.2) is 37.2 Å². The van der Waals surface area contributed by atoms with Crippen molar-refractivity contribution in [3.05, 3.63) is 134 Å². The van der Waals surface area contributed by atoms with E-state index in [4.69, 9.17) is 14.2 Å². The van der Waals surface area contributed by atoms with Gasteiger partial charge in [0.1, 0.15) is 13.2 Å². The second-order valence-corrected chi connectivity index (χ2v) is 15.7. The van der Waals surface area contributed by atoms with E-state index in [0.29, 0.717) is 12.8 Å². The Hall–Kier alpha value is -4.45. The van der Waals surface area contributed by atoms with Crippen LogP contribution in [0.4, 0.5) is 0 Å². The Morgan fingerprint density at radius 2 is 0.730 bits per heavy atom. The molecule has 6 heteroatoms. The molecule has 0 saturated carbocycles. The van der Waals surface area contributed by atoms with Gasteiger partial charge in [-0.1, -0.05) is 206 Å². The third-order valence-electron chi connectivity index (χ3n) is 9.73. The minimum atomic E-state index is -0.828. The maximum Gasteiger partial charge on any atom is 0.306 e. The van der Waals surface area contributed by atoms with Crippen LogP contribution in [0.2, 0.25) is 0 Å². The number of carbonyl (C=O) groups excluding carboxylic acids is 3. The van der Waals surface area contributed by atoms with E-state index in [1.54, 1.807) is 0 Å². The van der Waals surface area contributed by atoms with Gasteiger partial charge in [-0.15, -0.1) is 0 Å². The second-order valence-electron chi connectivity index (χ2n) is 15.7. The number of hydrogen-bond acceptors (Lipinski definition) is 6. The van der Waals surface area contributed by atoms with E-state index in [0.717, 1.165) is 116 Å². The summed E-state index contributed by atoms with van der Waals surface area (Å²) in [6, 6.07) is 0. The molecule has 63 heavy (non-hydrogen) atoms. The summed E-state index contributed by atoms with van der Waals surface area (Å²) in [5, 5.41) is 0. The first kappa shape index (κ1) is 58.6. The monoisotopic (exact) mass is 869 g/mol. The molecular formula is C57H88O6. The maximum absolute atomic E-state index is 12.8. The largest absolute Gasteiger partial charge is 0.462 e. The van der Waals surface area contributed by atoms with Crippen LogP contribution in [0.3, 0.4) is 0 Å². The van der Waals surface area contributed by atoms with Gasteiger partial charge in [0.05, 0.1) is 0 Å². The van der Waals surface area contributed by atoms with Crippen molar-refractivity contribution in [3.8, 4) is 0 Å². The lowest BCUT2D eigenvalue weighted by Crippen LogP contribution is -2.30. The molecule has 0 aromatic carbocycles. The van der Waals surface area contributed by atoms with Crippen molar-refractivity contribution in [2.75, 3.05) is 13.2 Å². The molecule has 0 heterocycles. The van der Waals surface area contributed by atoms with Crippen molar-refractivity contribution in [1.29, 1.82) is 0 Å². The maximum atomic E-state index is 12.8. The van der Waals surface area contributed by atoms with E-state index in [9.17, 15) is 14.4 Å². The molecule has 0 saturated heterocycles. The number of allylic oxidation sites excluding steroid dienone is 22. The quantitative estimate of drug-likeness (QED) is 0.0200. The Morgan fingerprint density at radius 3 is 1.25 bits per heavy atom. The van der Waals surface area contributed by atoms with Crippen molar-refractivity contribution in [2.24, 2.45) is 0 Å². The topological polar surface area (TPSA) is 78.9 Å². The highest BCUT2D eigenvalue weighted by Gasteiger charge is 2.19. The normalized spacial score (nSPS) is 13.3. The number of unbranched alkanes of at least 4 members (excludes halogenated alkanes) is 12. The van der Waals surface area contributed by atoms with Crippen molar-refractivity contribution in [3.63, 3.8) is 0 Å². The summed E-state index contributed by atoms with van der Waals surface area (Å²) in [4.78, 5) is 37.9. The lowest BCUT2D eigenvalue weighted by molar-refractivity contribution is -0.166. The van der Waals surface area contributed by atoms with Crippen molar-refractivity contribution < 1.29 is 28.6 Å². The molecule has 352 valence electrons. The van der Waals surface area contributed by atoms with Gasteiger partial charge in [-0.2, -0.15) is 0 Å². The molecule has 0 bridgehead atoms. The number of ether oxygens (including phenoxy) is 3. The molecule has 0 amide bonds. The van der Waals surface area contributed by atoms with Crippen LogP contribution in [0.15, 0.2) is 134 Å². The Bertz CT molecular complexity index is 1420. The van der Waals surface area contributed by atoms with Crippen LogP contribution in [-0.2, 0) is 28.6 Å². The molecule has 6 nitrogen and oxygen atoms in total. The van der Waals surface area contributed by atoms with Gasteiger partial charge >= 0.3 is 17.9 Å². The van der Waals surface area contributed by atoms with Crippen LogP contribution >= 0.6 is 0 Å². The van der Waals surface area contributed by atoms with Crippen molar-refractivity contribution in [2.45, 2.75) is 194 Å². The first-order valence-corrected chi connectivity index (χ1v) is 24.7. The molecule has 0 aliphatic carbocycles. The van der Waals surface area contributed by atoms with Gasteiger partial charge < -0.3 is 14.2 Å². The molecule has 0 aromatic rings. The number of esters is 3. The Morgan fingerprint density at radius 1 is 0.349 bits per heavy atom. The molecular weight excluding hydrogens is 781 g/mol. The molecule has 0 N–H and O–H groups in total. The predicted molar refractivity (Wildman–Crippen MR) is 269 cm³/mol. The van der Waals surface area contributed by atoms with Crippen LogP contribution < -0.4 is 0 Å². The first-order chi connectivity index (χ1) is 31.0. The Balaban J connectivity index is 4.57. The number of carbonyl (C=O) groups is 3. The van der Waals surface area contributed by atoms with Crippen molar-refractivity contribution in [1.82, 2.24) is 0 Å². The van der Waals surface area contributed by atoms with Gasteiger partial charge in [0, 0.05) is 19.3 Å². The summed E-state index contributed by atoms with van der Waals surface area (Å²) in [7, 11) is 0. The molecule has 0 spiro atoms. The van der Waals surface area contributed by atoms with Crippen LogP contribution in [0.1, 0.15) is 188 Å². The minimum absolute atomic E-state index is 0.121. The Kier molecular flexibility index (Phi) is 46.7. The van der Waals surface area contributed by atoms with E-state index in [1.807, 2.05) is 36.5 Å². The molecule has 0 rings (SSSR count). The minimum Gasteiger partial charge on any atom is -0.462 e. The lowest BCUT2D eigenvalue weighted by Gasteiger charge is -2.18. The molecule has 1 unspecified atom stereocenters. The average Bonchev–Trinajstić information content (AvgIpc) is 3.28. The Labute approximate surface area is 385 Å². The molecule has 0 radical (unpaired) electrons. The summed E-state index contributed by atoms with van der Waals surface area (Å²) in [6.45, 7) is 6.22. The van der Waals surface area contributed by atoms with Gasteiger partial charge in [0.2, 0.25) is 0 Å². The van der Waals surface area contributed by atoms with E-state index >= 15 is 0 Å². The smallest absolute Gasteiger partial charge is 0.306 e. The zero-order valence-electron chi connectivity index (χ0n) is 40.0. The summed E-state index contributed by atoms with van der Waals surface area (Å²) in [6.07, 6.45) is 70.1. The number of hydrogen-bond donors (Lipinski definition) is 0. The lowest BCUT2D eigenvalue weighted by atomic mass is 10.1. The SMILES string of the molecule is CC\C=C/C=C\C=C/C=C\CCCCCCCC(=O)OC(COC(=O)CC/C=C\C/C=C\C/C=C\C/C=C\C/C=C\C/C=C\CC)COC(=O)CCCCCCC/C=C\CCCC. The summed E-state index contributed by atoms with van der Waals surface area (Å²) < 4.78 is 16.7. The highest BCUT2D eigenvalue weighted by Crippen LogP contribution is 2.12. The second kappa shape index (κ2) is 50.2. The van der Waals surface area contributed by atoms with Gasteiger partial charge in [-0.05, 0) is 96.3 Å². The zero-order valence-corrected chi connectivity index (χ0v) is 40.0. The zero-order chi connectivity index (χ0) is 45.8. The highest BCUT2D eigenvalue weighted by molar-refractivity contribution is 5.71. The molecule has 0 aliphatic heterocycles. The fourth-order valence-corrected chi connectivity index (χ4v) is 6.05. The van der Waals surface area contributed by atoms with Gasteiger partial charge in [-0.25, -0.2) is 0 Å². The van der Waals surface area contributed by atoms with Gasteiger partial charge in [-0.3, -0.25) is 14.4 Å². The summed E-state index contributed by atoms with van der Waals surface area (Å²) in [5.74, 6) is -1.05. The van der Waals surface area contributed by atoms with Gasteiger partial charge in [0.25, 0.3) is 0 Å². The van der Waals surface area contributed by atoms with E-state index in [2.05, 4.69) is 118 Å². The average molecular weight is 869 g/mol. The van der Waals surface area contributed by atoms with E-state index in [1.165, 1.54) is 25.7 Å². The highest BCUT2D eigenvalue weighted by atomic mass is 16.6. The van der Waals surface area contributed by atoms with E-state index in [-0.39, 0.29) is 44.0 Å². The molecule has 0 aromatic heterocycles. The van der Waals surface area contributed by atoms with Crippen LogP contribution in [0, 0.1) is 0 Å². The standard InChI is InChI=1S/C57H88O6/c1-4-7-10-13-16-19-22-24-26-27-28-29-31-32-35-38-41-44-47-50-56(59)62-53-54(52-61-55(58)49-46-43-40-37-34-21-18-15-12-9-6-3)63-57(60)51-48-45-42-39-36-33-30-25-23-20-17-14-11-8-5-2/h7-8,10-11,14-20,23-26,28-30,32,35,41,44,54H,4-6,9,12-13,21-22,27,31,33-34,36-40,42-43,45-53H2,1-3H3/b10-7-,11-8-,17-14-,18-15-,19-16-,23-20-,26-24-,29-28-,30-25-,35-32-,44-41-. The van der Waals surface area contributed by atoms with E-state index < -0.39 is 6.10 Å². The molecule has 0 aliphatic rings. The summed E-state index contributed by atoms with van der Waals surface area (Å²) >= 11 is 0. The first-order valence-electron chi connectivity index (χ1n) is 24.7. The third kappa shape index (κ3) is 48.4. The fraction of sp³-hybridized carbons (Fsp3) is 0.561. The van der Waals surface area contributed by atoms with Gasteiger partial charge in [0.15, 0.2) is 6.10 Å². The molecule has 0 fully saturated rings. The third-order valence-corrected chi connectivity index (χ3v) is 9.73. The van der Waals surface area contributed by atoms with Crippen LogP contribution in [0.25, 0.3) is 0 Å². The summed E-state index contributed by atoms with van der Waals surface area (Å²) in [5.41, 5.74) is 0.